The van der Waals surface area contributed by atoms with Gasteiger partial charge >= 0.3 is 5.97 Å². The van der Waals surface area contributed by atoms with Crippen molar-refractivity contribution in [3.63, 3.8) is 0 Å². The lowest BCUT2D eigenvalue weighted by atomic mass is 10.00. The van der Waals surface area contributed by atoms with Crippen LogP contribution in [-0.4, -0.2) is 37.0 Å². The van der Waals surface area contributed by atoms with E-state index >= 15 is 0 Å². The molecule has 4 heteroatoms. The van der Waals surface area contributed by atoms with Gasteiger partial charge in [-0.1, -0.05) is 40.0 Å². The van der Waals surface area contributed by atoms with Crippen LogP contribution in [0.25, 0.3) is 0 Å². The molecular weight excluding hydrogens is 244 g/mol. The van der Waals surface area contributed by atoms with Gasteiger partial charge in [0.05, 0.1) is 12.5 Å². The van der Waals surface area contributed by atoms with Crippen LogP contribution >= 0.6 is 0 Å². The minimum absolute atomic E-state index is 0.0341. The second-order valence-corrected chi connectivity index (χ2v) is 4.96. The number of rotatable bonds is 12. The van der Waals surface area contributed by atoms with Crippen molar-refractivity contribution in [2.24, 2.45) is 5.92 Å². The molecule has 0 rings (SSSR count). The Morgan fingerprint density at radius 2 is 1.79 bits per heavy atom. The van der Waals surface area contributed by atoms with Gasteiger partial charge in [-0.15, -0.1) is 0 Å². The molecule has 0 bridgehead atoms. The molecule has 2 atom stereocenters. The SMILES string of the molecule is CCCCOCC(O)COC(=O)C(CC)CCCC. The smallest absolute Gasteiger partial charge is 0.309 e. The second kappa shape index (κ2) is 12.4. The average molecular weight is 274 g/mol. The number of aliphatic hydroxyl groups is 1. The zero-order valence-electron chi connectivity index (χ0n) is 12.7. The highest BCUT2D eigenvalue weighted by molar-refractivity contribution is 5.72. The van der Waals surface area contributed by atoms with Gasteiger partial charge in [0.25, 0.3) is 0 Å². The van der Waals surface area contributed by atoms with E-state index in [-0.39, 0.29) is 25.1 Å². The van der Waals surface area contributed by atoms with E-state index in [9.17, 15) is 9.90 Å². The van der Waals surface area contributed by atoms with Gasteiger partial charge in [-0.25, -0.2) is 0 Å². The molecule has 0 fully saturated rings. The fourth-order valence-electron chi connectivity index (χ4n) is 1.75. The first kappa shape index (κ1) is 18.4. The largest absolute Gasteiger partial charge is 0.463 e. The molecule has 2 unspecified atom stereocenters. The number of esters is 1. The molecule has 19 heavy (non-hydrogen) atoms. The molecule has 0 aliphatic carbocycles. The summed E-state index contributed by atoms with van der Waals surface area (Å²) in [4.78, 5) is 11.8. The van der Waals surface area contributed by atoms with Gasteiger partial charge in [0.1, 0.15) is 12.7 Å². The molecule has 0 aromatic heterocycles. The number of ether oxygens (including phenoxy) is 2. The molecule has 0 saturated heterocycles. The number of unbranched alkanes of at least 4 members (excludes halogenated alkanes) is 2. The normalized spacial score (nSPS) is 14.1. The Balaban J connectivity index is 3.73. The van der Waals surface area contributed by atoms with E-state index in [1.54, 1.807) is 0 Å². The minimum atomic E-state index is -0.718. The minimum Gasteiger partial charge on any atom is -0.463 e. The number of hydrogen-bond donors (Lipinski definition) is 1. The van der Waals surface area contributed by atoms with Gasteiger partial charge in [-0.05, 0) is 19.3 Å². The molecule has 0 spiro atoms. The highest BCUT2D eigenvalue weighted by atomic mass is 16.5. The Hall–Kier alpha value is -0.610. The monoisotopic (exact) mass is 274 g/mol. The van der Waals surface area contributed by atoms with E-state index in [2.05, 4.69) is 13.8 Å². The lowest BCUT2D eigenvalue weighted by molar-refractivity contribution is -0.153. The predicted octanol–water partition coefficient (Wildman–Crippen LogP) is 2.92. The van der Waals surface area contributed by atoms with Crippen molar-refractivity contribution in [1.82, 2.24) is 0 Å². The van der Waals surface area contributed by atoms with E-state index in [1.165, 1.54) is 0 Å². The third-order valence-corrected chi connectivity index (χ3v) is 3.10. The number of carbonyl (C=O) groups excluding carboxylic acids is 1. The van der Waals surface area contributed by atoms with E-state index in [0.29, 0.717) is 6.61 Å². The average Bonchev–Trinajstić information content (AvgIpc) is 2.42. The van der Waals surface area contributed by atoms with Gasteiger partial charge < -0.3 is 14.6 Å². The lowest BCUT2D eigenvalue weighted by Gasteiger charge is -2.16. The Bertz CT molecular complexity index is 218. The highest BCUT2D eigenvalue weighted by Gasteiger charge is 2.18. The third-order valence-electron chi connectivity index (χ3n) is 3.10. The molecule has 0 aromatic carbocycles. The topological polar surface area (TPSA) is 55.8 Å². The van der Waals surface area contributed by atoms with Crippen molar-refractivity contribution in [3.8, 4) is 0 Å². The molecule has 0 heterocycles. The van der Waals surface area contributed by atoms with Crippen molar-refractivity contribution in [2.75, 3.05) is 19.8 Å². The molecular formula is C15H30O4. The Labute approximate surface area is 117 Å². The first-order valence-corrected chi connectivity index (χ1v) is 7.58. The summed E-state index contributed by atoms with van der Waals surface area (Å²) in [5.41, 5.74) is 0. The van der Waals surface area contributed by atoms with Crippen molar-refractivity contribution < 1.29 is 19.4 Å². The van der Waals surface area contributed by atoms with E-state index in [0.717, 1.165) is 38.5 Å². The van der Waals surface area contributed by atoms with Crippen LogP contribution in [0.2, 0.25) is 0 Å². The molecule has 1 N–H and O–H groups in total. The van der Waals surface area contributed by atoms with Crippen LogP contribution in [-0.2, 0) is 14.3 Å². The van der Waals surface area contributed by atoms with Crippen molar-refractivity contribution in [2.45, 2.75) is 65.4 Å². The van der Waals surface area contributed by atoms with Crippen molar-refractivity contribution in [3.05, 3.63) is 0 Å². The first-order chi connectivity index (χ1) is 9.15. The van der Waals surface area contributed by atoms with Crippen LogP contribution in [0.3, 0.4) is 0 Å². The van der Waals surface area contributed by atoms with Crippen LogP contribution in [0.1, 0.15) is 59.3 Å². The lowest BCUT2D eigenvalue weighted by Crippen LogP contribution is -2.26. The van der Waals surface area contributed by atoms with Crippen LogP contribution in [0.5, 0.6) is 0 Å². The summed E-state index contributed by atoms with van der Waals surface area (Å²) in [5, 5.41) is 9.63. The fraction of sp³-hybridized carbons (Fsp3) is 0.933. The predicted molar refractivity (Wildman–Crippen MR) is 76.0 cm³/mol. The first-order valence-electron chi connectivity index (χ1n) is 7.58. The second-order valence-electron chi connectivity index (χ2n) is 4.96. The van der Waals surface area contributed by atoms with E-state index in [1.807, 2.05) is 6.92 Å². The van der Waals surface area contributed by atoms with E-state index < -0.39 is 6.10 Å². The maximum Gasteiger partial charge on any atom is 0.309 e. The summed E-state index contributed by atoms with van der Waals surface area (Å²) in [6.45, 7) is 7.10. The third kappa shape index (κ3) is 9.91. The quantitative estimate of drug-likeness (QED) is 0.439. The van der Waals surface area contributed by atoms with Gasteiger partial charge in [0.2, 0.25) is 0 Å². The standard InChI is InChI=1S/C15H30O4/c1-4-7-9-13(6-3)15(17)19-12-14(16)11-18-10-8-5-2/h13-14,16H,4-12H2,1-3H3. The molecule has 0 radical (unpaired) electrons. The van der Waals surface area contributed by atoms with Gasteiger partial charge in [0.15, 0.2) is 0 Å². The van der Waals surface area contributed by atoms with Gasteiger partial charge in [-0.2, -0.15) is 0 Å². The fourth-order valence-corrected chi connectivity index (χ4v) is 1.75. The van der Waals surface area contributed by atoms with Crippen LogP contribution < -0.4 is 0 Å². The maximum atomic E-state index is 11.8. The summed E-state index contributed by atoms with van der Waals surface area (Å²) < 4.78 is 10.4. The van der Waals surface area contributed by atoms with Crippen molar-refractivity contribution >= 4 is 5.97 Å². The molecule has 0 amide bonds. The van der Waals surface area contributed by atoms with E-state index in [4.69, 9.17) is 9.47 Å². The molecule has 0 aromatic rings. The number of carbonyl (C=O) groups is 1. The number of aliphatic hydroxyl groups excluding tert-OH is 1. The Morgan fingerprint density at radius 3 is 2.37 bits per heavy atom. The highest BCUT2D eigenvalue weighted by Crippen LogP contribution is 2.14. The maximum absolute atomic E-state index is 11.8. The summed E-state index contributed by atoms with van der Waals surface area (Å²) in [6, 6.07) is 0. The number of hydrogen-bond acceptors (Lipinski definition) is 4. The molecule has 0 aliphatic rings. The van der Waals surface area contributed by atoms with Crippen molar-refractivity contribution in [1.29, 1.82) is 0 Å². The molecule has 4 nitrogen and oxygen atoms in total. The Kier molecular flexibility index (Phi) is 12.0. The van der Waals surface area contributed by atoms with Crippen LogP contribution in [0, 0.1) is 5.92 Å². The molecule has 114 valence electrons. The zero-order chi connectivity index (χ0) is 14.5. The van der Waals surface area contributed by atoms with Crippen LogP contribution in [0.15, 0.2) is 0 Å². The van der Waals surface area contributed by atoms with Gasteiger partial charge in [-0.3, -0.25) is 4.79 Å². The molecule has 0 saturated carbocycles. The summed E-state index contributed by atoms with van der Waals surface area (Å²) in [5.74, 6) is -0.225. The summed E-state index contributed by atoms with van der Waals surface area (Å²) >= 11 is 0. The Morgan fingerprint density at radius 1 is 1.11 bits per heavy atom. The summed E-state index contributed by atoms with van der Waals surface area (Å²) in [6.07, 6.45) is 5.12. The van der Waals surface area contributed by atoms with Gasteiger partial charge in [0, 0.05) is 6.61 Å². The molecule has 0 aliphatic heterocycles. The summed E-state index contributed by atoms with van der Waals surface area (Å²) in [7, 11) is 0. The zero-order valence-corrected chi connectivity index (χ0v) is 12.7. The van der Waals surface area contributed by atoms with Crippen LogP contribution in [0.4, 0.5) is 0 Å².